The molecule has 1 N–H and O–H groups in total. The maximum absolute atomic E-state index is 5.94. The molecule has 20 heavy (non-hydrogen) atoms. The molecule has 0 aliphatic carbocycles. The number of anilines is 1. The van der Waals surface area contributed by atoms with E-state index in [4.69, 9.17) is 16.1 Å². The molecule has 3 rings (SSSR count). The van der Waals surface area contributed by atoms with Crippen LogP contribution in [-0.4, -0.2) is 21.9 Å². The minimum atomic E-state index is 0.699. The molecule has 0 atom stereocenters. The highest BCUT2D eigenvalue weighted by Gasteiger charge is 2.08. The number of benzene rings is 1. The van der Waals surface area contributed by atoms with E-state index in [9.17, 15) is 0 Å². The van der Waals surface area contributed by atoms with Gasteiger partial charge in [-0.25, -0.2) is 0 Å². The first-order chi connectivity index (χ1) is 9.81. The Morgan fingerprint density at radius 1 is 1.25 bits per heavy atom. The average molecular weight is 307 g/mol. The normalized spacial score (nSPS) is 10.7. The molecular formula is C13H11ClN4OS. The van der Waals surface area contributed by atoms with Crippen LogP contribution in [0.3, 0.4) is 0 Å². The van der Waals surface area contributed by atoms with Crippen LogP contribution < -0.4 is 5.32 Å². The van der Waals surface area contributed by atoms with E-state index in [2.05, 4.69) is 26.7 Å². The van der Waals surface area contributed by atoms with Crippen molar-refractivity contribution in [2.75, 3.05) is 11.9 Å². The van der Waals surface area contributed by atoms with Crippen molar-refractivity contribution in [2.24, 2.45) is 0 Å². The fourth-order valence-corrected chi connectivity index (χ4v) is 2.67. The Balaban J connectivity index is 1.57. The second-order valence-corrected chi connectivity index (χ2v) is 5.52. The highest BCUT2D eigenvalue weighted by molar-refractivity contribution is 7.18. The maximum Gasteiger partial charge on any atom is 0.206 e. The first-order valence-electron chi connectivity index (χ1n) is 6.04. The first kappa shape index (κ1) is 13.1. The number of aromatic nitrogens is 3. The SMILES string of the molecule is Clc1cccc(CCNc2nnc(-c3ccon3)s2)c1. The van der Waals surface area contributed by atoms with Crippen LogP contribution in [-0.2, 0) is 6.42 Å². The molecule has 2 aromatic heterocycles. The fraction of sp³-hybridized carbons (Fsp3) is 0.154. The summed E-state index contributed by atoms with van der Waals surface area (Å²) < 4.78 is 4.78. The largest absolute Gasteiger partial charge is 0.364 e. The molecule has 0 aliphatic heterocycles. The van der Waals surface area contributed by atoms with Gasteiger partial charge in [-0.2, -0.15) is 0 Å². The molecular weight excluding hydrogens is 296 g/mol. The van der Waals surface area contributed by atoms with E-state index in [0.29, 0.717) is 5.69 Å². The van der Waals surface area contributed by atoms with E-state index in [1.807, 2.05) is 18.2 Å². The number of rotatable bonds is 5. The molecule has 0 aliphatic rings. The lowest BCUT2D eigenvalue weighted by molar-refractivity contribution is 0.422. The van der Waals surface area contributed by atoms with E-state index in [-0.39, 0.29) is 0 Å². The molecule has 1 aromatic carbocycles. The summed E-state index contributed by atoms with van der Waals surface area (Å²) in [7, 11) is 0. The summed E-state index contributed by atoms with van der Waals surface area (Å²) in [5, 5.41) is 17.5. The van der Waals surface area contributed by atoms with Crippen LogP contribution in [0.15, 0.2) is 41.1 Å². The third kappa shape index (κ3) is 3.15. The quantitative estimate of drug-likeness (QED) is 0.781. The molecule has 7 heteroatoms. The molecule has 5 nitrogen and oxygen atoms in total. The topological polar surface area (TPSA) is 63.8 Å². The smallest absolute Gasteiger partial charge is 0.206 e. The highest BCUT2D eigenvalue weighted by atomic mass is 35.5. The Bertz CT molecular complexity index is 683. The van der Waals surface area contributed by atoms with Crippen molar-refractivity contribution >= 4 is 28.1 Å². The summed E-state index contributed by atoms with van der Waals surface area (Å²) in [6, 6.07) is 9.59. The van der Waals surface area contributed by atoms with Gasteiger partial charge in [-0.3, -0.25) is 0 Å². The zero-order valence-electron chi connectivity index (χ0n) is 10.4. The summed E-state index contributed by atoms with van der Waals surface area (Å²) in [6.45, 7) is 0.772. The van der Waals surface area contributed by atoms with Crippen LogP contribution in [0, 0.1) is 0 Å². The Labute approximate surface area is 124 Å². The molecule has 3 aromatic rings. The van der Waals surface area contributed by atoms with Crippen molar-refractivity contribution in [1.29, 1.82) is 0 Å². The van der Waals surface area contributed by atoms with Gasteiger partial charge in [-0.1, -0.05) is 40.2 Å². The van der Waals surface area contributed by atoms with Gasteiger partial charge in [0, 0.05) is 17.6 Å². The van der Waals surface area contributed by atoms with Gasteiger partial charge >= 0.3 is 0 Å². The standard InChI is InChI=1S/C13H11ClN4OS/c14-10-3-1-2-9(8-10)4-6-15-13-17-16-12(20-13)11-5-7-19-18-11/h1-3,5,7-8H,4,6H2,(H,15,17). The minimum absolute atomic E-state index is 0.699. The zero-order chi connectivity index (χ0) is 13.8. The third-order valence-electron chi connectivity index (χ3n) is 2.66. The van der Waals surface area contributed by atoms with Gasteiger partial charge in [0.1, 0.15) is 12.0 Å². The molecule has 0 fully saturated rings. The number of hydrogen-bond donors (Lipinski definition) is 1. The Morgan fingerprint density at radius 3 is 3.00 bits per heavy atom. The lowest BCUT2D eigenvalue weighted by atomic mass is 10.1. The summed E-state index contributed by atoms with van der Waals surface area (Å²) in [4.78, 5) is 0. The molecule has 102 valence electrons. The second kappa shape index (κ2) is 6.02. The molecule has 0 unspecified atom stereocenters. The molecule has 2 heterocycles. The van der Waals surface area contributed by atoms with Gasteiger partial charge in [0.05, 0.1) is 0 Å². The van der Waals surface area contributed by atoms with Gasteiger partial charge < -0.3 is 9.84 Å². The van der Waals surface area contributed by atoms with Gasteiger partial charge in [-0.05, 0) is 24.1 Å². The first-order valence-corrected chi connectivity index (χ1v) is 7.23. The van der Waals surface area contributed by atoms with Crippen LogP contribution >= 0.6 is 22.9 Å². The van der Waals surface area contributed by atoms with Gasteiger partial charge in [-0.15, -0.1) is 10.2 Å². The highest BCUT2D eigenvalue weighted by Crippen LogP contribution is 2.24. The monoisotopic (exact) mass is 306 g/mol. The van der Waals surface area contributed by atoms with E-state index in [1.165, 1.54) is 23.2 Å². The van der Waals surface area contributed by atoms with E-state index < -0.39 is 0 Å². The predicted molar refractivity (Wildman–Crippen MR) is 79.1 cm³/mol. The maximum atomic E-state index is 5.94. The van der Waals surface area contributed by atoms with Gasteiger partial charge in [0.15, 0.2) is 5.01 Å². The number of halogens is 1. The Hall–Kier alpha value is -1.92. The van der Waals surface area contributed by atoms with Crippen LogP contribution in [0.4, 0.5) is 5.13 Å². The number of hydrogen-bond acceptors (Lipinski definition) is 6. The Morgan fingerprint density at radius 2 is 2.20 bits per heavy atom. The fourth-order valence-electron chi connectivity index (χ4n) is 1.73. The molecule has 0 radical (unpaired) electrons. The zero-order valence-corrected chi connectivity index (χ0v) is 12.0. The number of nitrogens with zero attached hydrogens (tertiary/aromatic N) is 3. The second-order valence-electron chi connectivity index (χ2n) is 4.10. The van der Waals surface area contributed by atoms with E-state index >= 15 is 0 Å². The van der Waals surface area contributed by atoms with Crippen LogP contribution in [0.2, 0.25) is 5.02 Å². The Kier molecular flexibility index (Phi) is 3.94. The van der Waals surface area contributed by atoms with Crippen molar-refractivity contribution in [3.8, 4) is 10.7 Å². The summed E-state index contributed by atoms with van der Waals surface area (Å²) >= 11 is 7.39. The van der Waals surface area contributed by atoms with Crippen molar-refractivity contribution in [2.45, 2.75) is 6.42 Å². The number of nitrogens with one attached hydrogen (secondary N) is 1. The molecule has 0 amide bonds. The minimum Gasteiger partial charge on any atom is -0.364 e. The van der Waals surface area contributed by atoms with E-state index in [0.717, 1.165) is 28.1 Å². The van der Waals surface area contributed by atoms with Crippen molar-refractivity contribution < 1.29 is 4.52 Å². The molecule has 0 bridgehead atoms. The lowest BCUT2D eigenvalue weighted by Crippen LogP contribution is -2.04. The summed E-state index contributed by atoms with van der Waals surface area (Å²) in [5.41, 5.74) is 1.89. The van der Waals surface area contributed by atoms with Crippen molar-refractivity contribution in [1.82, 2.24) is 15.4 Å². The van der Waals surface area contributed by atoms with Crippen molar-refractivity contribution in [3.63, 3.8) is 0 Å². The third-order valence-corrected chi connectivity index (χ3v) is 3.80. The van der Waals surface area contributed by atoms with Crippen molar-refractivity contribution in [3.05, 3.63) is 47.2 Å². The van der Waals surface area contributed by atoms with Crippen LogP contribution in [0.5, 0.6) is 0 Å². The molecule has 0 spiro atoms. The molecule has 0 saturated carbocycles. The van der Waals surface area contributed by atoms with Gasteiger partial charge in [0.2, 0.25) is 5.13 Å². The van der Waals surface area contributed by atoms with Gasteiger partial charge in [0.25, 0.3) is 0 Å². The lowest BCUT2D eigenvalue weighted by Gasteiger charge is -2.02. The summed E-state index contributed by atoms with van der Waals surface area (Å²) in [5.74, 6) is 0. The summed E-state index contributed by atoms with van der Waals surface area (Å²) in [6.07, 6.45) is 2.39. The average Bonchev–Trinajstić information content (AvgIpc) is 3.09. The predicted octanol–water partition coefficient (Wildman–Crippen LogP) is 3.50. The molecule has 0 saturated heterocycles. The van der Waals surface area contributed by atoms with Crippen LogP contribution in [0.1, 0.15) is 5.56 Å². The van der Waals surface area contributed by atoms with Crippen LogP contribution in [0.25, 0.3) is 10.7 Å². The van der Waals surface area contributed by atoms with E-state index in [1.54, 1.807) is 6.07 Å².